The summed E-state index contributed by atoms with van der Waals surface area (Å²) in [6, 6.07) is 21.1. The maximum Gasteiger partial charge on any atom is 0.0952 e. The highest BCUT2D eigenvalue weighted by atomic mass is 35.5. The molecule has 1 atom stereocenters. The van der Waals surface area contributed by atoms with Crippen molar-refractivity contribution in [3.05, 3.63) is 71.8 Å². The van der Waals surface area contributed by atoms with Crippen LogP contribution in [0.5, 0.6) is 0 Å². The molecule has 0 radical (unpaired) electrons. The van der Waals surface area contributed by atoms with Crippen LogP contribution in [0.15, 0.2) is 60.7 Å². The minimum absolute atomic E-state index is 0. The Hall–Kier alpha value is -1.35. The first-order chi connectivity index (χ1) is 9.42. The van der Waals surface area contributed by atoms with Gasteiger partial charge in [0.05, 0.1) is 12.7 Å². The Balaban J connectivity index is 0.00000147. The SMILES string of the molecule is Cl.c1ccc(CN2CCOC(c3ccccc3)C2)cc1. The third-order valence-electron chi connectivity index (χ3n) is 3.57. The molecule has 1 aliphatic heterocycles. The fraction of sp³-hybridized carbons (Fsp3) is 0.294. The van der Waals surface area contributed by atoms with Gasteiger partial charge in [-0.1, -0.05) is 60.7 Å². The molecule has 1 heterocycles. The van der Waals surface area contributed by atoms with E-state index in [2.05, 4.69) is 59.5 Å². The van der Waals surface area contributed by atoms with Crippen molar-refractivity contribution in [2.24, 2.45) is 0 Å². The molecule has 2 nitrogen and oxygen atoms in total. The van der Waals surface area contributed by atoms with Crippen LogP contribution < -0.4 is 0 Å². The van der Waals surface area contributed by atoms with Crippen molar-refractivity contribution in [1.82, 2.24) is 4.90 Å². The Bertz CT molecular complexity index is 503. The van der Waals surface area contributed by atoms with Crippen molar-refractivity contribution >= 4 is 12.4 Å². The third kappa shape index (κ3) is 3.83. The van der Waals surface area contributed by atoms with Crippen LogP contribution >= 0.6 is 12.4 Å². The van der Waals surface area contributed by atoms with Crippen molar-refractivity contribution in [3.63, 3.8) is 0 Å². The molecular formula is C17H20ClNO. The summed E-state index contributed by atoms with van der Waals surface area (Å²) in [5.74, 6) is 0. The van der Waals surface area contributed by atoms with Gasteiger partial charge in [0, 0.05) is 19.6 Å². The van der Waals surface area contributed by atoms with Crippen molar-refractivity contribution in [1.29, 1.82) is 0 Å². The summed E-state index contributed by atoms with van der Waals surface area (Å²) in [5.41, 5.74) is 2.65. The summed E-state index contributed by atoms with van der Waals surface area (Å²) >= 11 is 0. The van der Waals surface area contributed by atoms with E-state index in [1.807, 2.05) is 6.07 Å². The zero-order valence-corrected chi connectivity index (χ0v) is 12.3. The van der Waals surface area contributed by atoms with Gasteiger partial charge in [0.25, 0.3) is 0 Å². The fourth-order valence-corrected chi connectivity index (χ4v) is 2.56. The second-order valence-corrected chi connectivity index (χ2v) is 4.99. The van der Waals surface area contributed by atoms with Gasteiger partial charge < -0.3 is 4.74 Å². The standard InChI is InChI=1S/C17H19NO.ClH/c1-3-7-15(8-4-1)13-18-11-12-19-17(14-18)16-9-5-2-6-10-16;/h1-10,17H,11-14H2;1H. The topological polar surface area (TPSA) is 12.5 Å². The van der Waals surface area contributed by atoms with E-state index in [0.717, 1.165) is 26.2 Å². The zero-order chi connectivity index (χ0) is 12.9. The maximum absolute atomic E-state index is 5.89. The highest BCUT2D eigenvalue weighted by Gasteiger charge is 2.21. The molecule has 1 saturated heterocycles. The number of hydrogen-bond donors (Lipinski definition) is 0. The van der Waals surface area contributed by atoms with Gasteiger partial charge in [-0.3, -0.25) is 4.90 Å². The summed E-state index contributed by atoms with van der Waals surface area (Å²) in [6.45, 7) is 3.80. The average Bonchev–Trinajstić information content (AvgIpc) is 2.49. The lowest BCUT2D eigenvalue weighted by molar-refractivity contribution is -0.0329. The molecule has 1 fully saturated rings. The lowest BCUT2D eigenvalue weighted by Crippen LogP contribution is -2.37. The molecule has 106 valence electrons. The molecule has 3 rings (SSSR count). The van der Waals surface area contributed by atoms with E-state index < -0.39 is 0 Å². The highest BCUT2D eigenvalue weighted by Crippen LogP contribution is 2.22. The molecule has 2 aromatic rings. The summed E-state index contributed by atoms with van der Waals surface area (Å²) in [6.07, 6.45) is 0.207. The zero-order valence-electron chi connectivity index (χ0n) is 11.4. The molecule has 0 saturated carbocycles. The van der Waals surface area contributed by atoms with Crippen LogP contribution in [0.3, 0.4) is 0 Å². The van der Waals surface area contributed by atoms with Crippen LogP contribution in [-0.2, 0) is 11.3 Å². The van der Waals surface area contributed by atoms with Gasteiger partial charge >= 0.3 is 0 Å². The fourth-order valence-electron chi connectivity index (χ4n) is 2.56. The summed E-state index contributed by atoms with van der Waals surface area (Å²) in [4.78, 5) is 2.47. The van der Waals surface area contributed by atoms with E-state index in [1.165, 1.54) is 11.1 Å². The normalized spacial score (nSPS) is 19.3. The van der Waals surface area contributed by atoms with Crippen molar-refractivity contribution < 1.29 is 4.74 Å². The number of morpholine rings is 1. The maximum atomic E-state index is 5.89. The molecule has 0 N–H and O–H groups in total. The van der Waals surface area contributed by atoms with E-state index in [4.69, 9.17) is 4.74 Å². The van der Waals surface area contributed by atoms with E-state index >= 15 is 0 Å². The summed E-state index contributed by atoms with van der Waals surface area (Å²) < 4.78 is 5.89. The van der Waals surface area contributed by atoms with Crippen LogP contribution in [0, 0.1) is 0 Å². The average molecular weight is 290 g/mol. The van der Waals surface area contributed by atoms with E-state index in [-0.39, 0.29) is 18.5 Å². The molecule has 0 aliphatic carbocycles. The third-order valence-corrected chi connectivity index (χ3v) is 3.57. The van der Waals surface area contributed by atoms with Crippen LogP contribution in [-0.4, -0.2) is 24.6 Å². The summed E-state index contributed by atoms with van der Waals surface area (Å²) in [7, 11) is 0. The Labute approximate surface area is 126 Å². The molecule has 1 aliphatic rings. The van der Waals surface area contributed by atoms with Crippen LogP contribution in [0.25, 0.3) is 0 Å². The summed E-state index contributed by atoms with van der Waals surface area (Å²) in [5, 5.41) is 0. The number of benzene rings is 2. The second-order valence-electron chi connectivity index (χ2n) is 4.99. The van der Waals surface area contributed by atoms with Crippen molar-refractivity contribution in [2.75, 3.05) is 19.7 Å². The molecule has 0 spiro atoms. The number of ether oxygens (including phenoxy) is 1. The first-order valence-electron chi connectivity index (χ1n) is 6.84. The molecule has 0 aromatic heterocycles. The quantitative estimate of drug-likeness (QED) is 0.855. The lowest BCUT2D eigenvalue weighted by Gasteiger charge is -2.33. The van der Waals surface area contributed by atoms with Crippen molar-refractivity contribution in [2.45, 2.75) is 12.6 Å². The van der Waals surface area contributed by atoms with Gasteiger partial charge in [0.2, 0.25) is 0 Å². The van der Waals surface area contributed by atoms with E-state index in [9.17, 15) is 0 Å². The minimum Gasteiger partial charge on any atom is -0.371 e. The largest absolute Gasteiger partial charge is 0.371 e. The Morgan fingerprint density at radius 2 is 1.60 bits per heavy atom. The smallest absolute Gasteiger partial charge is 0.0952 e. The first-order valence-corrected chi connectivity index (χ1v) is 6.84. The predicted octanol–water partition coefficient (Wildman–Crippen LogP) is 3.68. The Kier molecular flexibility index (Phi) is 5.60. The van der Waals surface area contributed by atoms with Gasteiger partial charge in [-0.15, -0.1) is 12.4 Å². The van der Waals surface area contributed by atoms with Gasteiger partial charge in [-0.05, 0) is 11.1 Å². The second kappa shape index (κ2) is 7.44. The molecule has 3 heteroatoms. The molecule has 20 heavy (non-hydrogen) atoms. The molecule has 1 unspecified atom stereocenters. The number of halogens is 1. The number of hydrogen-bond acceptors (Lipinski definition) is 2. The van der Waals surface area contributed by atoms with E-state index in [1.54, 1.807) is 0 Å². The lowest BCUT2D eigenvalue weighted by atomic mass is 10.1. The van der Waals surface area contributed by atoms with Crippen LogP contribution in [0.1, 0.15) is 17.2 Å². The minimum atomic E-state index is 0. The van der Waals surface area contributed by atoms with Gasteiger partial charge in [-0.2, -0.15) is 0 Å². The van der Waals surface area contributed by atoms with Gasteiger partial charge in [0.1, 0.15) is 0 Å². The van der Waals surface area contributed by atoms with Crippen molar-refractivity contribution in [3.8, 4) is 0 Å². The molecule has 0 bridgehead atoms. The van der Waals surface area contributed by atoms with Gasteiger partial charge in [0.15, 0.2) is 0 Å². The monoisotopic (exact) mass is 289 g/mol. The highest BCUT2D eigenvalue weighted by molar-refractivity contribution is 5.85. The van der Waals surface area contributed by atoms with Crippen LogP contribution in [0.2, 0.25) is 0 Å². The number of nitrogens with zero attached hydrogens (tertiary/aromatic N) is 1. The predicted molar refractivity (Wildman–Crippen MR) is 84.1 cm³/mol. The van der Waals surface area contributed by atoms with E-state index in [0.29, 0.717) is 0 Å². The number of rotatable bonds is 3. The Morgan fingerprint density at radius 3 is 2.30 bits per heavy atom. The first kappa shape index (κ1) is 15.0. The van der Waals surface area contributed by atoms with Crippen LogP contribution in [0.4, 0.5) is 0 Å². The molecule has 0 amide bonds. The molecule has 2 aromatic carbocycles. The Morgan fingerprint density at radius 1 is 0.950 bits per heavy atom. The molecular weight excluding hydrogens is 270 g/mol. The van der Waals surface area contributed by atoms with Gasteiger partial charge in [-0.25, -0.2) is 0 Å².